The Kier molecular flexibility index (Phi) is 5.60. The van der Waals surface area contributed by atoms with Crippen LogP contribution in [0.2, 0.25) is 0 Å². The molecule has 7 heteroatoms. The molecule has 1 unspecified atom stereocenters. The molecule has 0 amide bonds. The Morgan fingerprint density at radius 3 is 2.32 bits per heavy atom. The summed E-state index contributed by atoms with van der Waals surface area (Å²) in [6.07, 6.45) is -3.38. The number of piperidine rings is 1. The largest absolute Gasteiger partial charge is 0.496 e. The Balaban J connectivity index is 2.19. The molecule has 3 nitrogen and oxygen atoms in total. The highest BCUT2D eigenvalue weighted by atomic mass is 79.9. The first-order valence-corrected chi connectivity index (χ1v) is 7.84. The molecule has 124 valence electrons. The molecule has 0 aromatic heterocycles. The molecule has 1 aromatic rings. The predicted molar refractivity (Wildman–Crippen MR) is 81.3 cm³/mol. The molecule has 1 aliphatic heterocycles. The Morgan fingerprint density at radius 1 is 1.23 bits per heavy atom. The highest BCUT2D eigenvalue weighted by Crippen LogP contribution is 2.37. The molecular formula is C15H19BrF3NO2. The molecule has 1 aliphatic rings. The van der Waals surface area contributed by atoms with Gasteiger partial charge in [0.15, 0.2) is 0 Å². The molecule has 1 aromatic carbocycles. The van der Waals surface area contributed by atoms with Crippen molar-refractivity contribution < 1.29 is 22.6 Å². The van der Waals surface area contributed by atoms with Crippen LogP contribution in [0.3, 0.4) is 0 Å². The van der Waals surface area contributed by atoms with Crippen LogP contribution in [0, 0.1) is 5.92 Å². The number of hydrogen-bond acceptors (Lipinski definition) is 3. The maximum Gasteiger partial charge on any atom is 0.393 e. The van der Waals surface area contributed by atoms with E-state index in [4.69, 9.17) is 9.47 Å². The minimum absolute atomic E-state index is 0.0197. The number of halogens is 4. The minimum Gasteiger partial charge on any atom is -0.496 e. The summed E-state index contributed by atoms with van der Waals surface area (Å²) in [7, 11) is 3.08. The Labute approximate surface area is 136 Å². The van der Waals surface area contributed by atoms with Gasteiger partial charge in [-0.25, -0.2) is 0 Å². The summed E-state index contributed by atoms with van der Waals surface area (Å²) >= 11 is 3.37. The zero-order valence-corrected chi connectivity index (χ0v) is 14.1. The average Bonchev–Trinajstić information content (AvgIpc) is 2.48. The number of hydrogen-bond donors (Lipinski definition) is 0. The van der Waals surface area contributed by atoms with E-state index in [1.54, 1.807) is 26.4 Å². The molecule has 0 radical (unpaired) electrons. The summed E-state index contributed by atoms with van der Waals surface area (Å²) in [5, 5.41) is 0. The van der Waals surface area contributed by atoms with Gasteiger partial charge in [0.1, 0.15) is 11.5 Å². The summed E-state index contributed by atoms with van der Waals surface area (Å²) in [5.74, 6) is -0.0330. The van der Waals surface area contributed by atoms with Gasteiger partial charge in [-0.15, -0.1) is 0 Å². The molecule has 2 rings (SSSR count). The molecule has 1 fully saturated rings. The van der Waals surface area contributed by atoms with Gasteiger partial charge >= 0.3 is 6.18 Å². The Hall–Kier alpha value is -0.950. The molecular weight excluding hydrogens is 363 g/mol. The van der Waals surface area contributed by atoms with Crippen LogP contribution < -0.4 is 9.47 Å². The summed E-state index contributed by atoms with van der Waals surface area (Å²) in [6, 6.07) is 3.59. The van der Waals surface area contributed by atoms with Gasteiger partial charge in [0, 0.05) is 17.6 Å². The van der Waals surface area contributed by atoms with Crippen LogP contribution in [-0.2, 0) is 6.54 Å². The van der Waals surface area contributed by atoms with Gasteiger partial charge in [-0.05, 0) is 31.5 Å². The predicted octanol–water partition coefficient (Wildman–Crippen LogP) is 4.24. The molecule has 22 heavy (non-hydrogen) atoms. The van der Waals surface area contributed by atoms with Gasteiger partial charge < -0.3 is 9.47 Å². The van der Waals surface area contributed by atoms with E-state index in [1.165, 1.54) is 0 Å². The quantitative estimate of drug-likeness (QED) is 0.778. The number of nitrogens with zero attached hydrogens (tertiary/aromatic N) is 1. The summed E-state index contributed by atoms with van der Waals surface area (Å²) in [6.45, 7) is 1.05. The molecule has 0 aliphatic carbocycles. The number of alkyl halides is 3. The number of methoxy groups -OCH3 is 2. The van der Waals surface area contributed by atoms with Crippen LogP contribution in [0.4, 0.5) is 13.2 Å². The number of likely N-dealkylation sites (tertiary alicyclic amines) is 1. The Morgan fingerprint density at radius 2 is 1.82 bits per heavy atom. The van der Waals surface area contributed by atoms with Crippen LogP contribution in [0.25, 0.3) is 0 Å². The fourth-order valence-corrected chi connectivity index (χ4v) is 3.21. The molecule has 1 atom stereocenters. The fourth-order valence-electron chi connectivity index (χ4n) is 2.80. The summed E-state index contributed by atoms with van der Waals surface area (Å²) < 4.78 is 50.2. The third-order valence-electron chi connectivity index (χ3n) is 3.92. The highest BCUT2D eigenvalue weighted by molar-refractivity contribution is 9.10. The molecule has 1 saturated heterocycles. The van der Waals surface area contributed by atoms with Gasteiger partial charge in [-0.1, -0.05) is 15.9 Å². The number of rotatable bonds is 4. The van der Waals surface area contributed by atoms with Crippen LogP contribution >= 0.6 is 15.9 Å². The van der Waals surface area contributed by atoms with Crippen molar-refractivity contribution in [2.24, 2.45) is 5.92 Å². The summed E-state index contributed by atoms with van der Waals surface area (Å²) in [4.78, 5) is 1.82. The number of ether oxygens (including phenoxy) is 2. The third kappa shape index (κ3) is 4.07. The van der Waals surface area contributed by atoms with Crippen molar-refractivity contribution in [3.8, 4) is 11.5 Å². The molecule has 0 N–H and O–H groups in total. The first kappa shape index (κ1) is 17.4. The first-order chi connectivity index (χ1) is 10.3. The van der Waals surface area contributed by atoms with Gasteiger partial charge in [-0.3, -0.25) is 4.90 Å². The van der Waals surface area contributed by atoms with Gasteiger partial charge in [0.05, 0.1) is 25.7 Å². The van der Waals surface area contributed by atoms with E-state index in [0.29, 0.717) is 31.0 Å². The van der Waals surface area contributed by atoms with E-state index in [2.05, 4.69) is 15.9 Å². The van der Waals surface area contributed by atoms with Crippen molar-refractivity contribution in [3.05, 3.63) is 22.2 Å². The second-order valence-corrected chi connectivity index (χ2v) is 6.32. The maximum absolute atomic E-state index is 12.9. The van der Waals surface area contributed by atoms with Gasteiger partial charge in [-0.2, -0.15) is 13.2 Å². The lowest BCUT2D eigenvalue weighted by molar-refractivity contribution is -0.187. The standard InChI is InChI=1S/C15H19BrF3NO2/c1-21-13-6-11(16)7-14(22-2)12(13)9-20-5-3-4-10(8-20)15(17,18)19/h6-7,10H,3-5,8-9H2,1-2H3. The lowest BCUT2D eigenvalue weighted by Crippen LogP contribution is -2.41. The average molecular weight is 382 g/mol. The third-order valence-corrected chi connectivity index (χ3v) is 4.38. The zero-order valence-electron chi connectivity index (χ0n) is 12.5. The lowest BCUT2D eigenvalue weighted by Gasteiger charge is -2.34. The fraction of sp³-hybridized carbons (Fsp3) is 0.600. The topological polar surface area (TPSA) is 21.7 Å². The second kappa shape index (κ2) is 7.08. The first-order valence-electron chi connectivity index (χ1n) is 7.04. The number of benzene rings is 1. The van der Waals surface area contributed by atoms with E-state index in [9.17, 15) is 13.2 Å². The smallest absolute Gasteiger partial charge is 0.393 e. The van der Waals surface area contributed by atoms with E-state index in [1.807, 2.05) is 4.90 Å². The Bertz CT molecular complexity index is 497. The lowest BCUT2D eigenvalue weighted by atomic mass is 9.97. The van der Waals surface area contributed by atoms with E-state index < -0.39 is 12.1 Å². The van der Waals surface area contributed by atoms with E-state index in [-0.39, 0.29) is 13.0 Å². The SMILES string of the molecule is COc1cc(Br)cc(OC)c1CN1CCCC(C(F)(F)F)C1. The molecule has 0 saturated carbocycles. The molecule has 0 spiro atoms. The van der Waals surface area contributed by atoms with Crippen molar-refractivity contribution >= 4 is 15.9 Å². The van der Waals surface area contributed by atoms with Gasteiger partial charge in [0.2, 0.25) is 0 Å². The van der Waals surface area contributed by atoms with Gasteiger partial charge in [0.25, 0.3) is 0 Å². The van der Waals surface area contributed by atoms with Crippen molar-refractivity contribution in [1.29, 1.82) is 0 Å². The van der Waals surface area contributed by atoms with Crippen LogP contribution in [0.1, 0.15) is 18.4 Å². The van der Waals surface area contributed by atoms with E-state index >= 15 is 0 Å². The van der Waals surface area contributed by atoms with Crippen LogP contribution in [0.15, 0.2) is 16.6 Å². The van der Waals surface area contributed by atoms with Crippen molar-refractivity contribution in [2.75, 3.05) is 27.3 Å². The van der Waals surface area contributed by atoms with Crippen LogP contribution in [0.5, 0.6) is 11.5 Å². The monoisotopic (exact) mass is 381 g/mol. The van der Waals surface area contributed by atoms with Crippen molar-refractivity contribution in [2.45, 2.75) is 25.6 Å². The van der Waals surface area contributed by atoms with Crippen molar-refractivity contribution in [3.63, 3.8) is 0 Å². The molecule has 0 bridgehead atoms. The normalized spacial score (nSPS) is 20.0. The maximum atomic E-state index is 12.9. The second-order valence-electron chi connectivity index (χ2n) is 5.40. The minimum atomic E-state index is -4.13. The molecule has 1 heterocycles. The van der Waals surface area contributed by atoms with E-state index in [0.717, 1.165) is 10.0 Å². The summed E-state index contributed by atoms with van der Waals surface area (Å²) in [5.41, 5.74) is 0.774. The van der Waals surface area contributed by atoms with Crippen LogP contribution in [-0.4, -0.2) is 38.4 Å². The highest BCUT2D eigenvalue weighted by Gasteiger charge is 2.41. The zero-order chi connectivity index (χ0) is 16.3. The van der Waals surface area contributed by atoms with Crippen molar-refractivity contribution in [1.82, 2.24) is 4.90 Å².